The highest BCUT2D eigenvalue weighted by Gasteiger charge is 2.08. The summed E-state index contributed by atoms with van der Waals surface area (Å²) in [6, 6.07) is 11.4. The number of hydrogen-bond donors (Lipinski definition) is 1. The SMILES string of the molecule is Oc1cc2ncsc2cc1Cc1ccccc1Cl. The second-order valence-corrected chi connectivity index (χ2v) is 5.36. The van der Waals surface area contributed by atoms with Gasteiger partial charge >= 0.3 is 0 Å². The van der Waals surface area contributed by atoms with Crippen LogP contribution in [0.2, 0.25) is 5.02 Å². The molecule has 18 heavy (non-hydrogen) atoms. The minimum Gasteiger partial charge on any atom is -0.508 e. The molecule has 0 fully saturated rings. The monoisotopic (exact) mass is 275 g/mol. The zero-order valence-corrected chi connectivity index (χ0v) is 11.0. The molecule has 0 amide bonds. The van der Waals surface area contributed by atoms with Gasteiger partial charge in [-0.15, -0.1) is 11.3 Å². The Kier molecular flexibility index (Phi) is 2.94. The van der Waals surface area contributed by atoms with E-state index in [-0.39, 0.29) is 5.75 Å². The fourth-order valence-corrected chi connectivity index (χ4v) is 2.85. The van der Waals surface area contributed by atoms with Crippen LogP contribution in [0.5, 0.6) is 5.75 Å². The van der Waals surface area contributed by atoms with Gasteiger partial charge in [-0.3, -0.25) is 0 Å². The van der Waals surface area contributed by atoms with E-state index in [1.165, 1.54) is 0 Å². The summed E-state index contributed by atoms with van der Waals surface area (Å²) in [5.41, 5.74) is 4.50. The first-order valence-corrected chi connectivity index (χ1v) is 6.78. The van der Waals surface area contributed by atoms with Crippen molar-refractivity contribution in [2.75, 3.05) is 0 Å². The Balaban J connectivity index is 2.04. The Morgan fingerprint density at radius 1 is 1.17 bits per heavy atom. The van der Waals surface area contributed by atoms with E-state index in [1.54, 1.807) is 22.9 Å². The normalized spacial score (nSPS) is 10.9. The van der Waals surface area contributed by atoms with Crippen molar-refractivity contribution in [2.45, 2.75) is 6.42 Å². The van der Waals surface area contributed by atoms with Gasteiger partial charge in [0.15, 0.2) is 0 Å². The van der Waals surface area contributed by atoms with Crippen LogP contribution in [-0.4, -0.2) is 10.1 Å². The Labute approximate surface area is 113 Å². The highest BCUT2D eigenvalue weighted by atomic mass is 35.5. The number of halogens is 1. The summed E-state index contributed by atoms with van der Waals surface area (Å²) in [7, 11) is 0. The van der Waals surface area contributed by atoms with Crippen LogP contribution in [-0.2, 0) is 6.42 Å². The van der Waals surface area contributed by atoms with Crippen LogP contribution >= 0.6 is 22.9 Å². The first-order valence-electron chi connectivity index (χ1n) is 5.52. The molecule has 4 heteroatoms. The highest BCUT2D eigenvalue weighted by molar-refractivity contribution is 7.16. The van der Waals surface area contributed by atoms with E-state index < -0.39 is 0 Å². The second-order valence-electron chi connectivity index (χ2n) is 4.07. The fourth-order valence-electron chi connectivity index (χ4n) is 1.92. The molecule has 1 aromatic heterocycles. The van der Waals surface area contributed by atoms with Crippen LogP contribution in [0.4, 0.5) is 0 Å². The molecule has 3 rings (SSSR count). The molecule has 0 radical (unpaired) electrons. The topological polar surface area (TPSA) is 33.1 Å². The lowest BCUT2D eigenvalue weighted by molar-refractivity contribution is 0.470. The lowest BCUT2D eigenvalue weighted by Gasteiger charge is -2.06. The van der Waals surface area contributed by atoms with Crippen molar-refractivity contribution in [3.05, 3.63) is 58.1 Å². The van der Waals surface area contributed by atoms with Gasteiger partial charge in [0.2, 0.25) is 0 Å². The highest BCUT2D eigenvalue weighted by Crippen LogP contribution is 2.30. The van der Waals surface area contributed by atoms with Gasteiger partial charge in [0, 0.05) is 17.5 Å². The zero-order valence-electron chi connectivity index (χ0n) is 9.43. The van der Waals surface area contributed by atoms with E-state index >= 15 is 0 Å². The zero-order chi connectivity index (χ0) is 12.5. The minimum absolute atomic E-state index is 0.272. The van der Waals surface area contributed by atoms with Crippen molar-refractivity contribution in [2.24, 2.45) is 0 Å². The van der Waals surface area contributed by atoms with Gasteiger partial charge in [0.1, 0.15) is 5.75 Å². The maximum atomic E-state index is 10.0. The lowest BCUT2D eigenvalue weighted by Crippen LogP contribution is -1.90. The third kappa shape index (κ3) is 2.07. The van der Waals surface area contributed by atoms with Gasteiger partial charge in [-0.1, -0.05) is 29.8 Å². The number of rotatable bonds is 2. The second kappa shape index (κ2) is 4.59. The predicted molar refractivity (Wildman–Crippen MR) is 75.5 cm³/mol. The Morgan fingerprint density at radius 3 is 2.83 bits per heavy atom. The number of aromatic hydroxyl groups is 1. The summed E-state index contributed by atoms with van der Waals surface area (Å²) in [6.45, 7) is 0. The van der Waals surface area contributed by atoms with Crippen molar-refractivity contribution >= 4 is 33.2 Å². The predicted octanol–water partition coefficient (Wildman–Crippen LogP) is 4.25. The molecule has 0 saturated heterocycles. The van der Waals surface area contributed by atoms with E-state index in [4.69, 9.17) is 11.6 Å². The summed E-state index contributed by atoms with van der Waals surface area (Å²) >= 11 is 7.70. The van der Waals surface area contributed by atoms with E-state index in [1.807, 2.05) is 30.3 Å². The smallest absolute Gasteiger partial charge is 0.121 e. The van der Waals surface area contributed by atoms with Crippen LogP contribution in [0, 0.1) is 0 Å². The van der Waals surface area contributed by atoms with Gasteiger partial charge in [-0.05, 0) is 23.3 Å². The number of phenols is 1. The molecule has 3 aromatic rings. The average Bonchev–Trinajstić information content (AvgIpc) is 2.79. The van der Waals surface area contributed by atoms with Crippen LogP contribution in [0.15, 0.2) is 41.9 Å². The van der Waals surface area contributed by atoms with Crippen molar-refractivity contribution < 1.29 is 5.11 Å². The van der Waals surface area contributed by atoms with Crippen molar-refractivity contribution in [1.29, 1.82) is 0 Å². The number of hydrogen-bond acceptors (Lipinski definition) is 3. The number of phenolic OH excluding ortho intramolecular Hbond substituents is 1. The molecule has 90 valence electrons. The molecule has 2 nitrogen and oxygen atoms in total. The van der Waals surface area contributed by atoms with Crippen LogP contribution < -0.4 is 0 Å². The molecule has 0 saturated carbocycles. The standard InChI is InChI=1S/C14H10ClNOS/c15-11-4-2-1-3-9(11)5-10-6-14-12(7-13(10)17)16-8-18-14/h1-4,6-8,17H,5H2. The van der Waals surface area contributed by atoms with E-state index in [0.29, 0.717) is 6.42 Å². The van der Waals surface area contributed by atoms with Gasteiger partial charge in [-0.2, -0.15) is 0 Å². The third-order valence-corrected chi connectivity index (χ3v) is 4.03. The molecule has 0 aliphatic carbocycles. The average molecular weight is 276 g/mol. The van der Waals surface area contributed by atoms with Crippen LogP contribution in [0.25, 0.3) is 10.2 Å². The number of fused-ring (bicyclic) bond motifs is 1. The third-order valence-electron chi connectivity index (χ3n) is 2.87. The molecule has 0 unspecified atom stereocenters. The Bertz CT molecular complexity index is 708. The quantitative estimate of drug-likeness (QED) is 0.759. The van der Waals surface area contributed by atoms with E-state index in [2.05, 4.69) is 4.98 Å². The largest absolute Gasteiger partial charge is 0.508 e. The lowest BCUT2D eigenvalue weighted by atomic mass is 10.0. The van der Waals surface area contributed by atoms with Crippen molar-refractivity contribution in [1.82, 2.24) is 4.98 Å². The van der Waals surface area contributed by atoms with Crippen molar-refractivity contribution in [3.8, 4) is 5.75 Å². The number of aromatic nitrogens is 1. The maximum Gasteiger partial charge on any atom is 0.121 e. The van der Waals surface area contributed by atoms with Gasteiger partial charge < -0.3 is 5.11 Å². The number of nitrogens with zero attached hydrogens (tertiary/aromatic N) is 1. The van der Waals surface area contributed by atoms with Crippen LogP contribution in [0.1, 0.15) is 11.1 Å². The van der Waals surface area contributed by atoms with Gasteiger partial charge in [-0.25, -0.2) is 4.98 Å². The summed E-state index contributed by atoms with van der Waals surface area (Å²) in [6.07, 6.45) is 0.624. The molecular weight excluding hydrogens is 266 g/mol. The maximum absolute atomic E-state index is 10.0. The fraction of sp³-hybridized carbons (Fsp3) is 0.0714. The molecule has 1 heterocycles. The van der Waals surface area contributed by atoms with E-state index in [9.17, 15) is 5.11 Å². The molecule has 0 bridgehead atoms. The molecule has 0 spiro atoms. The molecule has 1 N–H and O–H groups in total. The number of benzene rings is 2. The van der Waals surface area contributed by atoms with Crippen LogP contribution in [0.3, 0.4) is 0 Å². The molecule has 0 atom stereocenters. The summed E-state index contributed by atoms with van der Waals surface area (Å²) in [5, 5.41) is 10.7. The molecular formula is C14H10ClNOS. The molecule has 0 aliphatic heterocycles. The van der Waals surface area contributed by atoms with Crippen molar-refractivity contribution in [3.63, 3.8) is 0 Å². The minimum atomic E-state index is 0.272. The summed E-state index contributed by atoms with van der Waals surface area (Å²) in [4.78, 5) is 4.18. The van der Waals surface area contributed by atoms with E-state index in [0.717, 1.165) is 26.4 Å². The number of thiazole rings is 1. The molecule has 2 aromatic carbocycles. The van der Waals surface area contributed by atoms with Gasteiger partial charge in [0.25, 0.3) is 0 Å². The summed E-state index contributed by atoms with van der Waals surface area (Å²) < 4.78 is 1.08. The van der Waals surface area contributed by atoms with Gasteiger partial charge in [0.05, 0.1) is 15.7 Å². The summed E-state index contributed by atoms with van der Waals surface area (Å²) in [5.74, 6) is 0.272. The Morgan fingerprint density at radius 2 is 2.00 bits per heavy atom. The first-order chi connectivity index (χ1) is 8.74. The Hall–Kier alpha value is -1.58. The first kappa shape index (κ1) is 11.5. The molecule has 0 aliphatic rings.